The van der Waals surface area contributed by atoms with E-state index in [1.807, 2.05) is 0 Å². The minimum absolute atomic E-state index is 0.0995. The Morgan fingerprint density at radius 3 is 1.90 bits per heavy atom. The molecular weight excluding hydrogens is 136 g/mol. The van der Waals surface area contributed by atoms with Crippen LogP contribution < -0.4 is 0 Å². The highest BCUT2D eigenvalue weighted by molar-refractivity contribution is 6.04. The largest absolute Gasteiger partial charge is 0.479 e. The van der Waals surface area contributed by atoms with Crippen molar-refractivity contribution in [2.45, 2.75) is 25.9 Å². The summed E-state index contributed by atoms with van der Waals surface area (Å²) in [5, 5.41) is 17.4. The first-order chi connectivity index (χ1) is 4.45. The average Bonchev–Trinajstić information content (AvgIpc) is 1.85. The molecule has 4 nitrogen and oxygen atoms in total. The van der Waals surface area contributed by atoms with Crippen LogP contribution in [-0.2, 0) is 9.59 Å². The van der Waals surface area contributed by atoms with Crippen molar-refractivity contribution in [2.24, 2.45) is 0 Å². The highest BCUT2D eigenvalue weighted by Gasteiger charge is 2.38. The van der Waals surface area contributed by atoms with Gasteiger partial charge < -0.3 is 10.2 Å². The second kappa shape index (κ2) is 2.79. The third-order valence-electron chi connectivity index (χ3n) is 1.45. The zero-order valence-electron chi connectivity index (χ0n) is 5.92. The molecule has 1 atom stereocenters. The number of rotatable bonds is 3. The fourth-order valence-electron chi connectivity index (χ4n) is 0.551. The lowest BCUT2D eigenvalue weighted by Gasteiger charge is -2.16. The SMILES string of the molecule is CC[C@@](O)(C(C)=O)C(=O)O. The maximum atomic E-state index is 10.5. The minimum atomic E-state index is -2.18. The smallest absolute Gasteiger partial charge is 0.343 e. The van der Waals surface area contributed by atoms with E-state index in [0.29, 0.717) is 0 Å². The van der Waals surface area contributed by atoms with E-state index in [-0.39, 0.29) is 6.42 Å². The Morgan fingerprint density at radius 1 is 1.50 bits per heavy atom. The van der Waals surface area contributed by atoms with E-state index >= 15 is 0 Å². The highest BCUT2D eigenvalue weighted by Crippen LogP contribution is 2.10. The Bertz CT molecular complexity index is 147. The van der Waals surface area contributed by atoms with Crippen molar-refractivity contribution >= 4 is 11.8 Å². The van der Waals surface area contributed by atoms with Crippen LogP contribution in [0.4, 0.5) is 0 Å². The number of carboxylic acid groups (broad SMARTS) is 1. The molecule has 0 aromatic heterocycles. The number of Topliss-reactive ketones (excluding diaryl/α,β-unsaturated/α-hetero) is 1. The molecule has 58 valence electrons. The number of carbonyl (C=O) groups is 2. The number of hydrogen-bond acceptors (Lipinski definition) is 3. The minimum Gasteiger partial charge on any atom is -0.479 e. The highest BCUT2D eigenvalue weighted by atomic mass is 16.4. The lowest BCUT2D eigenvalue weighted by Crippen LogP contribution is -2.44. The molecule has 0 rings (SSSR count). The van der Waals surface area contributed by atoms with E-state index in [0.717, 1.165) is 6.92 Å². The molecule has 0 bridgehead atoms. The molecule has 0 saturated carbocycles. The number of aliphatic carboxylic acids is 1. The molecule has 0 radical (unpaired) electrons. The number of hydrogen-bond donors (Lipinski definition) is 2. The van der Waals surface area contributed by atoms with E-state index in [9.17, 15) is 9.59 Å². The lowest BCUT2D eigenvalue weighted by atomic mass is 9.97. The second-order valence-electron chi connectivity index (χ2n) is 2.08. The molecule has 2 N–H and O–H groups in total. The van der Waals surface area contributed by atoms with Crippen LogP contribution in [0.3, 0.4) is 0 Å². The second-order valence-corrected chi connectivity index (χ2v) is 2.08. The van der Waals surface area contributed by atoms with Gasteiger partial charge in [-0.2, -0.15) is 0 Å². The first-order valence-electron chi connectivity index (χ1n) is 2.92. The van der Waals surface area contributed by atoms with Gasteiger partial charge in [-0.1, -0.05) is 6.92 Å². The third kappa shape index (κ3) is 1.33. The van der Waals surface area contributed by atoms with Crippen LogP contribution in [0.25, 0.3) is 0 Å². The first-order valence-corrected chi connectivity index (χ1v) is 2.92. The van der Waals surface area contributed by atoms with Crippen molar-refractivity contribution < 1.29 is 19.8 Å². The standard InChI is InChI=1S/C6H10O4/c1-3-6(10,4(2)7)5(8)9/h10H,3H2,1-2H3,(H,8,9)/t6-/m1/s1. The van der Waals surface area contributed by atoms with Gasteiger partial charge in [0.2, 0.25) is 5.60 Å². The molecular formula is C6H10O4. The Hall–Kier alpha value is -0.900. The van der Waals surface area contributed by atoms with E-state index in [2.05, 4.69) is 0 Å². The van der Waals surface area contributed by atoms with Gasteiger partial charge >= 0.3 is 5.97 Å². The number of ketones is 1. The quantitative estimate of drug-likeness (QED) is 0.541. The summed E-state index contributed by atoms with van der Waals surface area (Å²) < 4.78 is 0. The third-order valence-corrected chi connectivity index (χ3v) is 1.45. The molecule has 4 heteroatoms. The summed E-state index contributed by atoms with van der Waals surface area (Å²) in [5.74, 6) is -2.22. The summed E-state index contributed by atoms with van der Waals surface area (Å²) in [7, 11) is 0. The molecule has 0 fully saturated rings. The van der Waals surface area contributed by atoms with Crippen LogP contribution in [-0.4, -0.2) is 27.6 Å². The molecule has 0 spiro atoms. The molecule has 0 aromatic carbocycles. The normalized spacial score (nSPS) is 15.9. The Labute approximate surface area is 58.5 Å². The van der Waals surface area contributed by atoms with Gasteiger partial charge in [-0.25, -0.2) is 4.79 Å². The van der Waals surface area contributed by atoms with E-state index in [1.54, 1.807) is 0 Å². The fraction of sp³-hybridized carbons (Fsp3) is 0.667. The van der Waals surface area contributed by atoms with Crippen molar-refractivity contribution in [1.82, 2.24) is 0 Å². The molecule has 0 aliphatic carbocycles. The van der Waals surface area contributed by atoms with Crippen LogP contribution in [0.5, 0.6) is 0 Å². The predicted molar refractivity (Wildman–Crippen MR) is 33.6 cm³/mol. The molecule has 10 heavy (non-hydrogen) atoms. The van der Waals surface area contributed by atoms with Crippen LogP contribution in [0.1, 0.15) is 20.3 Å². The summed E-state index contributed by atoms with van der Waals surface area (Å²) in [6, 6.07) is 0. The van der Waals surface area contributed by atoms with Crippen LogP contribution in [0.15, 0.2) is 0 Å². The van der Waals surface area contributed by atoms with Crippen molar-refractivity contribution in [2.75, 3.05) is 0 Å². The predicted octanol–water partition coefficient (Wildman–Crippen LogP) is -0.199. The Morgan fingerprint density at radius 2 is 1.90 bits per heavy atom. The molecule has 0 heterocycles. The van der Waals surface area contributed by atoms with Crippen LogP contribution in [0, 0.1) is 0 Å². The van der Waals surface area contributed by atoms with Gasteiger partial charge in [-0.05, 0) is 13.3 Å². The lowest BCUT2D eigenvalue weighted by molar-refractivity contribution is -0.164. The van der Waals surface area contributed by atoms with Gasteiger partial charge in [-0.3, -0.25) is 4.79 Å². The summed E-state index contributed by atoms with van der Waals surface area (Å²) in [5.41, 5.74) is -2.18. The van der Waals surface area contributed by atoms with Gasteiger partial charge in [0.15, 0.2) is 5.78 Å². The van der Waals surface area contributed by atoms with Gasteiger partial charge in [0, 0.05) is 0 Å². The van der Waals surface area contributed by atoms with Gasteiger partial charge in [0.05, 0.1) is 0 Å². The Kier molecular flexibility index (Phi) is 2.54. The van der Waals surface area contributed by atoms with Crippen molar-refractivity contribution in [1.29, 1.82) is 0 Å². The van der Waals surface area contributed by atoms with Crippen LogP contribution in [0.2, 0.25) is 0 Å². The van der Waals surface area contributed by atoms with E-state index < -0.39 is 17.4 Å². The maximum Gasteiger partial charge on any atom is 0.343 e. The maximum absolute atomic E-state index is 10.5. The van der Waals surface area contributed by atoms with Crippen molar-refractivity contribution in [3.05, 3.63) is 0 Å². The molecule has 0 aromatic rings. The molecule has 0 saturated heterocycles. The average molecular weight is 146 g/mol. The van der Waals surface area contributed by atoms with Gasteiger partial charge in [0.1, 0.15) is 0 Å². The molecule has 0 unspecified atom stereocenters. The van der Waals surface area contributed by atoms with Crippen molar-refractivity contribution in [3.8, 4) is 0 Å². The van der Waals surface area contributed by atoms with E-state index in [4.69, 9.17) is 10.2 Å². The molecule has 0 aliphatic heterocycles. The molecule has 0 amide bonds. The monoisotopic (exact) mass is 146 g/mol. The topological polar surface area (TPSA) is 74.6 Å². The zero-order valence-corrected chi connectivity index (χ0v) is 5.92. The number of carboxylic acids is 1. The van der Waals surface area contributed by atoms with Gasteiger partial charge in [0.25, 0.3) is 0 Å². The number of carbonyl (C=O) groups excluding carboxylic acids is 1. The fourth-order valence-corrected chi connectivity index (χ4v) is 0.551. The zero-order chi connectivity index (χ0) is 8.36. The number of aliphatic hydroxyl groups is 1. The van der Waals surface area contributed by atoms with E-state index in [1.165, 1.54) is 6.92 Å². The Balaban J connectivity index is 4.55. The first kappa shape index (κ1) is 9.10. The summed E-state index contributed by atoms with van der Waals surface area (Å²) in [6.07, 6.45) is -0.0995. The molecule has 0 aliphatic rings. The summed E-state index contributed by atoms with van der Waals surface area (Å²) >= 11 is 0. The van der Waals surface area contributed by atoms with Crippen molar-refractivity contribution in [3.63, 3.8) is 0 Å². The van der Waals surface area contributed by atoms with Crippen LogP contribution >= 0.6 is 0 Å². The summed E-state index contributed by atoms with van der Waals surface area (Å²) in [6.45, 7) is 2.49. The van der Waals surface area contributed by atoms with Gasteiger partial charge in [-0.15, -0.1) is 0 Å². The summed E-state index contributed by atoms with van der Waals surface area (Å²) in [4.78, 5) is 20.7.